The highest BCUT2D eigenvalue weighted by Gasteiger charge is 2.02. The Balaban J connectivity index is 2.44. The Morgan fingerprint density at radius 3 is 2.78 bits per heavy atom. The maximum absolute atomic E-state index is 11.6. The molecule has 8 heteroatoms. The molecule has 0 aromatic carbocycles. The minimum Gasteiger partial charge on any atom is -0.328 e. The number of hydrogen-bond acceptors (Lipinski definition) is 5. The molecule has 0 bridgehead atoms. The first kappa shape index (κ1) is 11.7. The van der Waals surface area contributed by atoms with Crippen LogP contribution in [0.5, 0.6) is 0 Å². The molecule has 0 fully saturated rings. The molecule has 0 aliphatic carbocycles. The molecular formula is C10H9N5O3. The lowest BCUT2D eigenvalue weighted by atomic mass is 10.3. The van der Waals surface area contributed by atoms with Crippen LogP contribution in [0.1, 0.15) is 11.3 Å². The van der Waals surface area contributed by atoms with E-state index in [4.69, 9.17) is 0 Å². The second-order valence-corrected chi connectivity index (χ2v) is 3.46. The summed E-state index contributed by atoms with van der Waals surface area (Å²) in [4.78, 5) is 36.2. The minimum absolute atomic E-state index is 0.133. The standard InChI is InChI=1S/C10H9N5O3/c1-6-9(17)15(10(18)14-13-6)12-5-7-2-3-8(16)11-4-7/h2-5H,1H3,(H,11,16)(H,14,18)/b12-5-. The molecule has 0 unspecified atom stereocenters. The fourth-order valence-electron chi connectivity index (χ4n) is 1.20. The third-order valence-corrected chi connectivity index (χ3v) is 2.14. The van der Waals surface area contributed by atoms with Crippen LogP contribution in [0, 0.1) is 6.92 Å². The Hall–Kier alpha value is -2.77. The molecule has 18 heavy (non-hydrogen) atoms. The summed E-state index contributed by atoms with van der Waals surface area (Å²) >= 11 is 0. The first-order valence-corrected chi connectivity index (χ1v) is 4.99. The largest absolute Gasteiger partial charge is 0.365 e. The fourth-order valence-corrected chi connectivity index (χ4v) is 1.20. The van der Waals surface area contributed by atoms with Gasteiger partial charge in [-0.3, -0.25) is 9.59 Å². The molecule has 0 atom stereocenters. The van der Waals surface area contributed by atoms with Crippen molar-refractivity contribution >= 4 is 6.21 Å². The molecule has 0 aliphatic rings. The SMILES string of the molecule is Cc1n[nH]c(=O)n(/N=C\c2ccc(=O)[nH]c2)c1=O. The van der Waals surface area contributed by atoms with Gasteiger partial charge < -0.3 is 4.98 Å². The van der Waals surface area contributed by atoms with Crippen molar-refractivity contribution in [2.24, 2.45) is 5.10 Å². The maximum atomic E-state index is 11.6. The van der Waals surface area contributed by atoms with Crippen molar-refractivity contribution in [2.45, 2.75) is 6.92 Å². The van der Waals surface area contributed by atoms with Crippen LogP contribution in [0.2, 0.25) is 0 Å². The van der Waals surface area contributed by atoms with E-state index in [0.717, 1.165) is 0 Å². The Bertz CT molecular complexity index is 748. The quantitative estimate of drug-likeness (QED) is 0.649. The van der Waals surface area contributed by atoms with Gasteiger partial charge in [-0.1, -0.05) is 0 Å². The average molecular weight is 247 g/mol. The number of aromatic amines is 2. The van der Waals surface area contributed by atoms with E-state index in [-0.39, 0.29) is 11.3 Å². The summed E-state index contributed by atoms with van der Waals surface area (Å²) < 4.78 is 0.660. The zero-order chi connectivity index (χ0) is 13.1. The molecule has 2 heterocycles. The Labute approximate surface area is 99.6 Å². The molecule has 0 amide bonds. The van der Waals surface area contributed by atoms with Crippen molar-refractivity contribution in [2.75, 3.05) is 0 Å². The number of aryl methyl sites for hydroxylation is 1. The highest BCUT2D eigenvalue weighted by Crippen LogP contribution is 1.87. The molecule has 0 radical (unpaired) electrons. The minimum atomic E-state index is -0.730. The van der Waals surface area contributed by atoms with Crippen molar-refractivity contribution in [3.05, 3.63) is 60.8 Å². The van der Waals surface area contributed by atoms with Gasteiger partial charge in [-0.15, -0.1) is 4.68 Å². The summed E-state index contributed by atoms with van der Waals surface area (Å²) in [5, 5.41) is 9.39. The number of hydrogen-bond donors (Lipinski definition) is 2. The number of H-pyrrole nitrogens is 2. The zero-order valence-corrected chi connectivity index (χ0v) is 9.38. The van der Waals surface area contributed by atoms with Crippen molar-refractivity contribution in [1.29, 1.82) is 0 Å². The van der Waals surface area contributed by atoms with Gasteiger partial charge in [0, 0.05) is 17.8 Å². The van der Waals surface area contributed by atoms with Gasteiger partial charge in [0.05, 0.1) is 6.21 Å². The van der Waals surface area contributed by atoms with E-state index in [1.165, 1.54) is 31.5 Å². The van der Waals surface area contributed by atoms with Crippen LogP contribution in [0.25, 0.3) is 0 Å². The number of pyridine rings is 1. The maximum Gasteiger partial charge on any atom is 0.365 e. The lowest BCUT2D eigenvalue weighted by molar-refractivity contribution is 0.694. The van der Waals surface area contributed by atoms with E-state index < -0.39 is 11.2 Å². The fraction of sp³-hybridized carbons (Fsp3) is 0.100. The van der Waals surface area contributed by atoms with E-state index in [1.54, 1.807) is 0 Å². The molecular weight excluding hydrogens is 238 g/mol. The summed E-state index contributed by atoms with van der Waals surface area (Å²) in [5.41, 5.74) is -0.892. The molecule has 0 spiro atoms. The highest BCUT2D eigenvalue weighted by molar-refractivity contribution is 5.78. The summed E-state index contributed by atoms with van der Waals surface area (Å²) in [5.74, 6) is 0. The highest BCUT2D eigenvalue weighted by atomic mass is 16.2. The van der Waals surface area contributed by atoms with Gasteiger partial charge in [0.15, 0.2) is 0 Å². The van der Waals surface area contributed by atoms with Crippen LogP contribution in [0.4, 0.5) is 0 Å². The summed E-state index contributed by atoms with van der Waals surface area (Å²) in [7, 11) is 0. The topological polar surface area (TPSA) is 113 Å². The normalized spacial score (nSPS) is 10.9. The first-order valence-electron chi connectivity index (χ1n) is 4.99. The summed E-state index contributed by atoms with van der Waals surface area (Å²) in [6.07, 6.45) is 2.70. The number of aromatic nitrogens is 4. The van der Waals surface area contributed by atoms with Crippen molar-refractivity contribution in [3.63, 3.8) is 0 Å². The molecule has 2 aromatic heterocycles. The van der Waals surface area contributed by atoms with Crippen LogP contribution >= 0.6 is 0 Å². The predicted octanol–water partition coefficient (Wildman–Crippen LogP) is -1.19. The molecule has 2 aromatic rings. The Morgan fingerprint density at radius 1 is 1.33 bits per heavy atom. The molecule has 0 saturated carbocycles. The Morgan fingerprint density at radius 2 is 2.11 bits per heavy atom. The molecule has 8 nitrogen and oxygen atoms in total. The molecule has 2 N–H and O–H groups in total. The van der Waals surface area contributed by atoms with Crippen LogP contribution in [0.15, 0.2) is 37.8 Å². The van der Waals surface area contributed by atoms with Gasteiger partial charge in [-0.2, -0.15) is 10.2 Å². The van der Waals surface area contributed by atoms with E-state index >= 15 is 0 Å². The molecule has 92 valence electrons. The van der Waals surface area contributed by atoms with Gasteiger partial charge in [0.2, 0.25) is 5.56 Å². The Kier molecular flexibility index (Phi) is 3.00. The summed E-state index contributed by atoms with van der Waals surface area (Å²) in [6.45, 7) is 1.46. The second kappa shape index (κ2) is 4.62. The number of nitrogens with one attached hydrogen (secondary N) is 2. The van der Waals surface area contributed by atoms with E-state index in [1.807, 2.05) is 0 Å². The first-order chi connectivity index (χ1) is 8.58. The average Bonchev–Trinajstić information content (AvgIpc) is 2.36. The number of nitrogens with zero attached hydrogens (tertiary/aromatic N) is 3. The molecule has 0 saturated heterocycles. The lowest BCUT2D eigenvalue weighted by Gasteiger charge is -1.96. The van der Waals surface area contributed by atoms with Gasteiger partial charge in [-0.05, 0) is 13.0 Å². The third-order valence-electron chi connectivity index (χ3n) is 2.14. The zero-order valence-electron chi connectivity index (χ0n) is 9.38. The van der Waals surface area contributed by atoms with Gasteiger partial charge in [0.25, 0.3) is 5.56 Å². The summed E-state index contributed by atoms with van der Waals surface area (Å²) in [6, 6.07) is 2.82. The smallest absolute Gasteiger partial charge is 0.328 e. The number of rotatable bonds is 2. The van der Waals surface area contributed by atoms with Crippen molar-refractivity contribution < 1.29 is 0 Å². The second-order valence-electron chi connectivity index (χ2n) is 3.46. The van der Waals surface area contributed by atoms with Crippen molar-refractivity contribution in [3.8, 4) is 0 Å². The van der Waals surface area contributed by atoms with E-state index in [2.05, 4.69) is 20.3 Å². The molecule has 2 rings (SSSR count). The van der Waals surface area contributed by atoms with Crippen molar-refractivity contribution in [1.82, 2.24) is 19.9 Å². The van der Waals surface area contributed by atoms with Crippen LogP contribution < -0.4 is 16.8 Å². The van der Waals surface area contributed by atoms with Crippen LogP contribution in [-0.4, -0.2) is 26.1 Å². The lowest BCUT2D eigenvalue weighted by Crippen LogP contribution is -2.35. The van der Waals surface area contributed by atoms with Crippen LogP contribution in [-0.2, 0) is 0 Å². The molecule has 0 aliphatic heterocycles. The van der Waals surface area contributed by atoms with Gasteiger partial charge in [-0.25, -0.2) is 9.89 Å². The monoisotopic (exact) mass is 247 g/mol. The predicted molar refractivity (Wildman–Crippen MR) is 63.9 cm³/mol. The van der Waals surface area contributed by atoms with Gasteiger partial charge in [0.1, 0.15) is 5.69 Å². The third kappa shape index (κ3) is 2.32. The van der Waals surface area contributed by atoms with E-state index in [0.29, 0.717) is 10.2 Å². The van der Waals surface area contributed by atoms with Gasteiger partial charge >= 0.3 is 5.69 Å². The van der Waals surface area contributed by atoms with Crippen LogP contribution in [0.3, 0.4) is 0 Å². The van der Waals surface area contributed by atoms with E-state index in [9.17, 15) is 14.4 Å².